The molecule has 1 spiro atoms. The zero-order valence-electron chi connectivity index (χ0n) is 11.6. The van der Waals surface area contributed by atoms with Gasteiger partial charge in [-0.05, 0) is 37.1 Å². The van der Waals surface area contributed by atoms with Gasteiger partial charge in [-0.1, -0.05) is 6.92 Å². The van der Waals surface area contributed by atoms with E-state index in [0.717, 1.165) is 0 Å². The Labute approximate surface area is 117 Å². The Kier molecular flexibility index (Phi) is 2.81. The molecule has 106 valence electrons. The molecule has 5 heteroatoms. The maximum Gasteiger partial charge on any atom is 0.251 e. The minimum Gasteiger partial charge on any atom is -0.338 e. The first-order valence-corrected chi connectivity index (χ1v) is 6.88. The van der Waals surface area contributed by atoms with Crippen LogP contribution in [0.15, 0.2) is 24.3 Å². The van der Waals surface area contributed by atoms with Gasteiger partial charge >= 0.3 is 0 Å². The Morgan fingerprint density at radius 1 is 1.30 bits per heavy atom. The first-order valence-electron chi connectivity index (χ1n) is 6.88. The number of β-lactam (4-membered cyclic amide) rings is 1. The van der Waals surface area contributed by atoms with E-state index >= 15 is 0 Å². The highest BCUT2D eigenvalue weighted by Gasteiger charge is 2.64. The van der Waals surface area contributed by atoms with Gasteiger partial charge in [0.25, 0.3) is 5.91 Å². The molecule has 2 saturated heterocycles. The average Bonchev–Trinajstić information content (AvgIpc) is 2.69. The molecule has 4 nitrogen and oxygen atoms in total. The summed E-state index contributed by atoms with van der Waals surface area (Å²) in [5.74, 6) is -0.427. The molecule has 2 aliphatic rings. The number of nitrogens with zero attached hydrogens (tertiary/aromatic N) is 2. The van der Waals surface area contributed by atoms with Crippen molar-refractivity contribution in [1.82, 2.24) is 4.90 Å². The summed E-state index contributed by atoms with van der Waals surface area (Å²) in [4.78, 5) is 28.1. The molecule has 2 heterocycles. The van der Waals surface area contributed by atoms with Crippen LogP contribution in [0, 0.1) is 11.7 Å². The van der Waals surface area contributed by atoms with E-state index in [2.05, 4.69) is 0 Å². The normalized spacial score (nSPS) is 29.2. The lowest BCUT2D eigenvalue weighted by atomic mass is 9.78. The summed E-state index contributed by atoms with van der Waals surface area (Å²) >= 11 is 0. The van der Waals surface area contributed by atoms with Crippen LogP contribution in [0.1, 0.15) is 20.3 Å². The fourth-order valence-corrected chi connectivity index (χ4v) is 3.33. The van der Waals surface area contributed by atoms with Crippen molar-refractivity contribution in [1.29, 1.82) is 0 Å². The lowest BCUT2D eigenvalue weighted by molar-refractivity contribution is -0.152. The van der Waals surface area contributed by atoms with E-state index < -0.39 is 5.54 Å². The lowest BCUT2D eigenvalue weighted by Gasteiger charge is -2.52. The number of halogens is 1. The van der Waals surface area contributed by atoms with Crippen LogP contribution < -0.4 is 4.90 Å². The molecule has 2 fully saturated rings. The highest BCUT2D eigenvalue weighted by atomic mass is 19.1. The van der Waals surface area contributed by atoms with Gasteiger partial charge in [0.05, 0.1) is 6.54 Å². The number of rotatable bonds is 2. The highest BCUT2D eigenvalue weighted by molar-refractivity contribution is 6.10. The number of benzene rings is 1. The van der Waals surface area contributed by atoms with E-state index in [1.807, 2.05) is 13.8 Å². The molecule has 0 aliphatic carbocycles. The number of amides is 2. The largest absolute Gasteiger partial charge is 0.338 e. The minimum atomic E-state index is -0.759. The fraction of sp³-hybridized carbons (Fsp3) is 0.467. The fourth-order valence-electron chi connectivity index (χ4n) is 3.33. The summed E-state index contributed by atoms with van der Waals surface area (Å²) in [6.45, 7) is 5.08. The number of likely N-dealkylation sites (tertiary alicyclic amines) is 1. The van der Waals surface area contributed by atoms with Crippen LogP contribution in [0.3, 0.4) is 0 Å². The van der Waals surface area contributed by atoms with Gasteiger partial charge in [0.15, 0.2) is 0 Å². The highest BCUT2D eigenvalue weighted by Crippen LogP contribution is 2.45. The number of anilines is 1. The zero-order chi connectivity index (χ0) is 14.5. The van der Waals surface area contributed by atoms with E-state index in [-0.39, 0.29) is 23.5 Å². The molecule has 0 N–H and O–H groups in total. The second kappa shape index (κ2) is 4.30. The monoisotopic (exact) mass is 276 g/mol. The van der Waals surface area contributed by atoms with Crippen molar-refractivity contribution in [3.05, 3.63) is 30.1 Å². The molecule has 3 rings (SSSR count). The van der Waals surface area contributed by atoms with Crippen molar-refractivity contribution < 1.29 is 14.0 Å². The van der Waals surface area contributed by atoms with E-state index in [0.29, 0.717) is 25.2 Å². The summed E-state index contributed by atoms with van der Waals surface area (Å²) in [5, 5.41) is 0. The Morgan fingerprint density at radius 2 is 1.95 bits per heavy atom. The third kappa shape index (κ3) is 1.52. The van der Waals surface area contributed by atoms with Crippen molar-refractivity contribution in [3.63, 3.8) is 0 Å². The van der Waals surface area contributed by atoms with Crippen LogP contribution >= 0.6 is 0 Å². The molecule has 20 heavy (non-hydrogen) atoms. The Morgan fingerprint density at radius 3 is 2.50 bits per heavy atom. The van der Waals surface area contributed by atoms with Crippen LogP contribution in [0.5, 0.6) is 0 Å². The Bertz CT molecular complexity index is 572. The second-order valence-electron chi connectivity index (χ2n) is 5.55. The van der Waals surface area contributed by atoms with Crippen molar-refractivity contribution in [2.24, 2.45) is 5.92 Å². The van der Waals surface area contributed by atoms with Crippen LogP contribution in [-0.4, -0.2) is 35.3 Å². The number of carbonyl (C=O) groups excluding carboxylic acids is 2. The molecular formula is C15H17FN2O2. The smallest absolute Gasteiger partial charge is 0.251 e. The summed E-state index contributed by atoms with van der Waals surface area (Å²) < 4.78 is 13.1. The zero-order valence-corrected chi connectivity index (χ0v) is 11.6. The number of hydrogen-bond donors (Lipinski definition) is 0. The third-order valence-electron chi connectivity index (χ3n) is 4.50. The summed E-state index contributed by atoms with van der Waals surface area (Å²) in [6.07, 6.45) is 0.362. The van der Waals surface area contributed by atoms with Gasteiger partial charge in [-0.3, -0.25) is 14.5 Å². The molecule has 1 aromatic carbocycles. The third-order valence-corrected chi connectivity index (χ3v) is 4.50. The molecular weight excluding hydrogens is 259 g/mol. The lowest BCUT2D eigenvalue weighted by Crippen LogP contribution is -2.74. The van der Waals surface area contributed by atoms with Gasteiger partial charge in [0, 0.05) is 18.7 Å². The van der Waals surface area contributed by atoms with Crippen LogP contribution in [0.25, 0.3) is 0 Å². The predicted molar refractivity (Wildman–Crippen MR) is 72.7 cm³/mol. The van der Waals surface area contributed by atoms with Crippen molar-refractivity contribution in [2.45, 2.75) is 25.8 Å². The summed E-state index contributed by atoms with van der Waals surface area (Å²) in [7, 11) is 0. The Hall–Kier alpha value is -1.91. The van der Waals surface area contributed by atoms with Crippen molar-refractivity contribution in [2.75, 3.05) is 18.0 Å². The molecule has 0 radical (unpaired) electrons. The SMILES string of the molecule is CCN1CC2(C1=O)C(C)CC(=O)N2c1ccc(F)cc1. The van der Waals surface area contributed by atoms with Gasteiger partial charge < -0.3 is 4.90 Å². The predicted octanol–water partition coefficient (Wildman–Crippen LogP) is 1.80. The van der Waals surface area contributed by atoms with Crippen molar-refractivity contribution >= 4 is 17.5 Å². The number of likely N-dealkylation sites (N-methyl/N-ethyl adjacent to an activating group) is 1. The summed E-state index contributed by atoms with van der Waals surface area (Å²) in [5.41, 5.74) is -0.157. The minimum absolute atomic E-state index is 0.00248. The molecule has 2 amide bonds. The number of carbonyl (C=O) groups is 2. The van der Waals surface area contributed by atoms with Crippen LogP contribution in [0.2, 0.25) is 0 Å². The van der Waals surface area contributed by atoms with Gasteiger partial charge in [-0.15, -0.1) is 0 Å². The van der Waals surface area contributed by atoms with Crippen LogP contribution in [-0.2, 0) is 9.59 Å². The molecule has 2 atom stereocenters. The number of hydrogen-bond acceptors (Lipinski definition) is 2. The molecule has 2 unspecified atom stereocenters. The second-order valence-corrected chi connectivity index (χ2v) is 5.55. The van der Waals surface area contributed by atoms with Crippen molar-refractivity contribution in [3.8, 4) is 0 Å². The first-order chi connectivity index (χ1) is 9.50. The van der Waals surface area contributed by atoms with Gasteiger partial charge in [0.2, 0.25) is 5.91 Å². The summed E-state index contributed by atoms with van der Waals surface area (Å²) in [6, 6.07) is 5.77. The van der Waals surface area contributed by atoms with Gasteiger partial charge in [-0.2, -0.15) is 0 Å². The van der Waals surface area contributed by atoms with E-state index in [9.17, 15) is 14.0 Å². The molecule has 0 saturated carbocycles. The van der Waals surface area contributed by atoms with Gasteiger partial charge in [-0.25, -0.2) is 4.39 Å². The molecule has 0 aromatic heterocycles. The standard InChI is InChI=1S/C15H17FN2O2/c1-3-17-9-15(14(17)20)10(2)8-13(19)18(15)12-6-4-11(16)5-7-12/h4-7,10H,3,8-9H2,1-2H3. The van der Waals surface area contributed by atoms with Crippen LogP contribution in [0.4, 0.5) is 10.1 Å². The topological polar surface area (TPSA) is 40.6 Å². The van der Waals surface area contributed by atoms with E-state index in [1.54, 1.807) is 21.9 Å². The van der Waals surface area contributed by atoms with E-state index in [4.69, 9.17) is 0 Å². The maximum absolute atomic E-state index is 13.1. The first kappa shape index (κ1) is 13.1. The van der Waals surface area contributed by atoms with Gasteiger partial charge in [0.1, 0.15) is 11.4 Å². The average molecular weight is 276 g/mol. The molecule has 2 aliphatic heterocycles. The maximum atomic E-state index is 13.1. The van der Waals surface area contributed by atoms with E-state index in [1.165, 1.54) is 12.1 Å². The quantitative estimate of drug-likeness (QED) is 0.773. The Balaban J connectivity index is 2.02. The molecule has 0 bridgehead atoms. The molecule has 1 aromatic rings.